The second kappa shape index (κ2) is 11.9. The fraction of sp³-hybridized carbons (Fsp3) is 0.346. The summed E-state index contributed by atoms with van der Waals surface area (Å²) in [5, 5.41) is 16.8. The second-order valence-electron chi connectivity index (χ2n) is 8.08. The number of phenolic OH excluding ortho intramolecular Hbond substituents is 1. The summed E-state index contributed by atoms with van der Waals surface area (Å²) in [6.45, 7) is 8.05. The maximum Gasteiger partial charge on any atom is 0.290 e. The van der Waals surface area contributed by atoms with Gasteiger partial charge >= 0.3 is 0 Å². The summed E-state index contributed by atoms with van der Waals surface area (Å²) < 4.78 is 2.38. The molecule has 0 saturated carbocycles. The van der Waals surface area contributed by atoms with Crippen molar-refractivity contribution in [2.24, 2.45) is 14.1 Å². The molecule has 1 aromatic heterocycles. The fourth-order valence-electron chi connectivity index (χ4n) is 3.25. The summed E-state index contributed by atoms with van der Waals surface area (Å²) in [5.41, 5.74) is 0.332. The summed E-state index contributed by atoms with van der Waals surface area (Å²) in [6.07, 6.45) is 0. The smallest absolute Gasteiger partial charge is 0.290 e. The highest BCUT2D eigenvalue weighted by atomic mass is 16.3. The lowest BCUT2D eigenvalue weighted by atomic mass is 10.1. The Morgan fingerprint density at radius 3 is 2.09 bits per heavy atom. The van der Waals surface area contributed by atoms with Gasteiger partial charge in [-0.2, -0.15) is 0 Å². The van der Waals surface area contributed by atoms with E-state index in [1.807, 2.05) is 58.0 Å². The van der Waals surface area contributed by atoms with Crippen LogP contribution in [0.2, 0.25) is 0 Å². The normalized spacial score (nSPS) is 10.4. The van der Waals surface area contributed by atoms with E-state index in [0.29, 0.717) is 6.54 Å². The lowest BCUT2D eigenvalue weighted by molar-refractivity contribution is 0.0752. The number of carbonyl (C=O) groups excluding carboxylic acids is 1. The average Bonchev–Trinajstić information content (AvgIpc) is 2.87. The molecule has 0 aliphatic rings. The van der Waals surface area contributed by atoms with Gasteiger partial charge in [0.15, 0.2) is 5.75 Å². The molecule has 9 heteroatoms. The highest BCUT2D eigenvalue weighted by molar-refractivity contribution is 5.99. The lowest BCUT2D eigenvalue weighted by Gasteiger charge is -2.23. The summed E-state index contributed by atoms with van der Waals surface area (Å²) in [4.78, 5) is 40.3. The monoisotopic (exact) mass is 481 g/mol. The standard InChI is InChI=1S/C24H29N5O4.C2H6/c1-15(2)27(3)22(31)17-12-9-13-18(21(17)30)26-20-19(23(32)28(4)29(5)24(20)33)25-14-16-10-7-6-8-11-16;1-2/h6-13,15,25-26,30H,14H2,1-5H3;1-2H3. The number of amides is 1. The third-order valence-electron chi connectivity index (χ3n) is 5.65. The van der Waals surface area contributed by atoms with Crippen LogP contribution in [-0.4, -0.2) is 38.4 Å². The van der Waals surface area contributed by atoms with Crippen LogP contribution in [0.4, 0.5) is 17.1 Å². The summed E-state index contributed by atoms with van der Waals surface area (Å²) >= 11 is 0. The quantitative estimate of drug-likeness (QED) is 0.445. The van der Waals surface area contributed by atoms with Crippen molar-refractivity contribution in [3.63, 3.8) is 0 Å². The van der Waals surface area contributed by atoms with Gasteiger partial charge in [-0.05, 0) is 31.5 Å². The molecule has 0 bridgehead atoms. The van der Waals surface area contributed by atoms with Crippen LogP contribution in [-0.2, 0) is 20.6 Å². The van der Waals surface area contributed by atoms with Crippen LogP contribution in [0.3, 0.4) is 0 Å². The van der Waals surface area contributed by atoms with Crippen molar-refractivity contribution in [1.29, 1.82) is 0 Å². The number of rotatable bonds is 7. The minimum Gasteiger partial charge on any atom is -0.505 e. The number of para-hydroxylation sites is 1. The first-order valence-electron chi connectivity index (χ1n) is 11.6. The molecule has 1 heterocycles. The van der Waals surface area contributed by atoms with Gasteiger partial charge in [0.25, 0.3) is 17.0 Å². The number of carbonyl (C=O) groups is 1. The van der Waals surface area contributed by atoms with Gasteiger partial charge in [-0.25, -0.2) is 9.36 Å². The first-order valence-corrected chi connectivity index (χ1v) is 11.6. The van der Waals surface area contributed by atoms with Gasteiger partial charge in [-0.3, -0.25) is 14.4 Å². The van der Waals surface area contributed by atoms with Gasteiger partial charge < -0.3 is 20.6 Å². The van der Waals surface area contributed by atoms with Crippen molar-refractivity contribution in [2.75, 3.05) is 17.7 Å². The molecule has 0 unspecified atom stereocenters. The number of phenols is 1. The van der Waals surface area contributed by atoms with E-state index in [1.165, 1.54) is 34.4 Å². The Morgan fingerprint density at radius 1 is 0.943 bits per heavy atom. The van der Waals surface area contributed by atoms with Gasteiger partial charge in [0, 0.05) is 33.7 Å². The number of hydrogen-bond acceptors (Lipinski definition) is 6. The predicted octanol–water partition coefficient (Wildman–Crippen LogP) is 3.65. The topological polar surface area (TPSA) is 109 Å². The number of nitrogens with zero attached hydrogens (tertiary/aromatic N) is 3. The number of benzene rings is 2. The van der Waals surface area contributed by atoms with Gasteiger partial charge in [-0.1, -0.05) is 50.2 Å². The van der Waals surface area contributed by atoms with Crippen molar-refractivity contribution >= 4 is 23.0 Å². The molecule has 9 nitrogen and oxygen atoms in total. The zero-order valence-electron chi connectivity index (χ0n) is 21.4. The minimum absolute atomic E-state index is 0.0198. The van der Waals surface area contributed by atoms with Crippen LogP contribution >= 0.6 is 0 Å². The van der Waals surface area contributed by atoms with Crippen molar-refractivity contribution < 1.29 is 9.90 Å². The van der Waals surface area contributed by atoms with Gasteiger partial charge in [-0.15, -0.1) is 0 Å². The Morgan fingerprint density at radius 2 is 1.51 bits per heavy atom. The number of aromatic hydroxyl groups is 1. The number of anilines is 3. The fourth-order valence-corrected chi connectivity index (χ4v) is 3.25. The molecular weight excluding hydrogens is 446 g/mol. The van der Waals surface area contributed by atoms with E-state index in [4.69, 9.17) is 0 Å². The summed E-state index contributed by atoms with van der Waals surface area (Å²) in [5.74, 6) is -0.655. The van der Waals surface area contributed by atoms with E-state index in [0.717, 1.165) is 5.56 Å². The summed E-state index contributed by atoms with van der Waals surface area (Å²) in [6, 6.07) is 14.0. The third kappa shape index (κ3) is 5.92. The van der Waals surface area contributed by atoms with Gasteiger partial charge in [0.05, 0.1) is 11.3 Å². The molecular formula is C26H35N5O4. The zero-order valence-corrected chi connectivity index (χ0v) is 21.4. The molecule has 0 radical (unpaired) electrons. The Kier molecular flexibility index (Phi) is 9.27. The molecule has 2 aromatic carbocycles. The molecule has 0 fully saturated rings. The van der Waals surface area contributed by atoms with E-state index in [-0.39, 0.29) is 40.3 Å². The first-order chi connectivity index (χ1) is 16.6. The van der Waals surface area contributed by atoms with E-state index in [1.54, 1.807) is 19.2 Å². The molecule has 188 valence electrons. The molecule has 1 amide bonds. The van der Waals surface area contributed by atoms with Crippen molar-refractivity contribution in [3.05, 3.63) is 80.4 Å². The average molecular weight is 482 g/mol. The Balaban J connectivity index is 0.00000210. The Hall–Kier alpha value is -4.01. The van der Waals surface area contributed by atoms with Crippen LogP contribution in [0, 0.1) is 0 Å². The van der Waals surface area contributed by atoms with Crippen LogP contribution in [0.25, 0.3) is 0 Å². The predicted molar refractivity (Wildman–Crippen MR) is 141 cm³/mol. The van der Waals surface area contributed by atoms with Crippen LogP contribution in [0.5, 0.6) is 5.75 Å². The number of hydrogen-bond donors (Lipinski definition) is 3. The molecule has 3 N–H and O–H groups in total. The summed E-state index contributed by atoms with van der Waals surface area (Å²) in [7, 11) is 4.63. The van der Waals surface area contributed by atoms with Crippen molar-refractivity contribution in [3.8, 4) is 5.75 Å². The third-order valence-corrected chi connectivity index (χ3v) is 5.65. The molecule has 0 atom stereocenters. The van der Waals surface area contributed by atoms with Crippen LogP contribution < -0.4 is 21.8 Å². The minimum atomic E-state index is -0.469. The molecule has 0 spiro atoms. The molecule has 0 aliphatic carbocycles. The number of aromatic nitrogens is 2. The van der Waals surface area contributed by atoms with E-state index < -0.39 is 11.1 Å². The Bertz CT molecular complexity index is 1280. The highest BCUT2D eigenvalue weighted by Gasteiger charge is 2.22. The molecule has 35 heavy (non-hydrogen) atoms. The molecule has 0 saturated heterocycles. The van der Waals surface area contributed by atoms with Crippen LogP contribution in [0.15, 0.2) is 58.1 Å². The first kappa shape index (κ1) is 27.2. The molecule has 3 rings (SSSR count). The second-order valence-corrected chi connectivity index (χ2v) is 8.08. The van der Waals surface area contributed by atoms with Crippen molar-refractivity contribution in [2.45, 2.75) is 40.3 Å². The molecule has 0 aliphatic heterocycles. The van der Waals surface area contributed by atoms with E-state index in [9.17, 15) is 19.5 Å². The number of nitrogens with one attached hydrogen (secondary N) is 2. The SMILES string of the molecule is CC.CC(C)N(C)C(=O)c1cccc(Nc2c(NCc3ccccc3)c(=O)n(C)n(C)c2=O)c1O. The van der Waals surface area contributed by atoms with E-state index >= 15 is 0 Å². The van der Waals surface area contributed by atoms with Gasteiger partial charge in [0.2, 0.25) is 0 Å². The largest absolute Gasteiger partial charge is 0.505 e. The van der Waals surface area contributed by atoms with Gasteiger partial charge in [0.1, 0.15) is 11.4 Å². The highest BCUT2D eigenvalue weighted by Crippen LogP contribution is 2.31. The van der Waals surface area contributed by atoms with E-state index in [2.05, 4.69) is 10.6 Å². The molecule has 3 aromatic rings. The zero-order chi connectivity index (χ0) is 26.3. The maximum absolute atomic E-state index is 13.0. The van der Waals surface area contributed by atoms with Crippen molar-refractivity contribution in [1.82, 2.24) is 14.3 Å². The Labute approximate surface area is 205 Å². The lowest BCUT2D eigenvalue weighted by Crippen LogP contribution is -2.38. The maximum atomic E-state index is 13.0. The van der Waals surface area contributed by atoms with Crippen LogP contribution in [0.1, 0.15) is 43.6 Å².